The van der Waals surface area contributed by atoms with Crippen LogP contribution < -0.4 is 0 Å². The van der Waals surface area contributed by atoms with E-state index < -0.39 is 11.8 Å². The molecule has 0 saturated carbocycles. The highest BCUT2D eigenvalue weighted by atomic mass is 35.5. The molecule has 21 heavy (non-hydrogen) atoms. The molecule has 2 rings (SSSR count). The molecule has 0 heterocycles. The average molecular weight is 292 g/mol. The highest BCUT2D eigenvalue weighted by Crippen LogP contribution is 2.32. The third kappa shape index (κ3) is 3.21. The minimum Gasteiger partial charge on any atom is -0.198 e. The van der Waals surface area contributed by atoms with Crippen LogP contribution in [0.1, 0.15) is 28.5 Å². The second-order valence-electron chi connectivity index (χ2n) is 4.50. The molecule has 2 aromatic rings. The first-order chi connectivity index (χ1) is 10.2. The molecule has 0 aliphatic heterocycles. The van der Waals surface area contributed by atoms with E-state index in [1.807, 2.05) is 6.07 Å². The van der Waals surface area contributed by atoms with Gasteiger partial charge in [-0.1, -0.05) is 35.9 Å². The van der Waals surface area contributed by atoms with Gasteiger partial charge in [0.1, 0.15) is 0 Å². The van der Waals surface area contributed by atoms with Gasteiger partial charge in [0.2, 0.25) is 0 Å². The SMILES string of the molecule is N#Cc1ccc(C(C#N)C(C#N)c2ccc(Cl)cc2)cc1. The van der Waals surface area contributed by atoms with Crippen LogP contribution in [0.5, 0.6) is 0 Å². The lowest BCUT2D eigenvalue weighted by molar-refractivity contribution is 0.761. The number of nitrogens with zero attached hydrogens (tertiary/aromatic N) is 3. The Morgan fingerprint density at radius 3 is 1.52 bits per heavy atom. The summed E-state index contributed by atoms with van der Waals surface area (Å²) in [5.41, 5.74) is 1.99. The summed E-state index contributed by atoms with van der Waals surface area (Å²) in [5, 5.41) is 28.2. The van der Waals surface area contributed by atoms with Crippen LogP contribution in [0.15, 0.2) is 48.5 Å². The van der Waals surface area contributed by atoms with Crippen molar-refractivity contribution in [3.63, 3.8) is 0 Å². The van der Waals surface area contributed by atoms with Gasteiger partial charge in [-0.15, -0.1) is 0 Å². The molecule has 0 radical (unpaired) electrons. The van der Waals surface area contributed by atoms with E-state index in [-0.39, 0.29) is 0 Å². The predicted molar refractivity (Wildman–Crippen MR) is 79.3 cm³/mol. The Balaban J connectivity index is 2.38. The number of benzene rings is 2. The van der Waals surface area contributed by atoms with Gasteiger partial charge >= 0.3 is 0 Å². The predicted octanol–water partition coefficient (Wildman–Crippen LogP) is 4.13. The highest BCUT2D eigenvalue weighted by molar-refractivity contribution is 6.30. The van der Waals surface area contributed by atoms with Crippen LogP contribution in [0, 0.1) is 34.0 Å². The summed E-state index contributed by atoms with van der Waals surface area (Å²) in [4.78, 5) is 0. The molecule has 2 unspecified atom stereocenters. The Hall–Kier alpha value is -2.80. The molecule has 0 saturated heterocycles. The van der Waals surface area contributed by atoms with Gasteiger partial charge < -0.3 is 0 Å². The van der Waals surface area contributed by atoms with Gasteiger partial charge in [0.25, 0.3) is 0 Å². The first-order valence-corrected chi connectivity index (χ1v) is 6.62. The molecule has 100 valence electrons. The number of rotatable bonds is 3. The fourth-order valence-corrected chi connectivity index (χ4v) is 2.24. The molecule has 0 aliphatic carbocycles. The zero-order valence-electron chi connectivity index (χ0n) is 11.0. The molecular formula is C17H10ClN3. The lowest BCUT2D eigenvalue weighted by Crippen LogP contribution is -2.08. The van der Waals surface area contributed by atoms with Crippen LogP contribution in [0.25, 0.3) is 0 Å². The lowest BCUT2D eigenvalue weighted by atomic mass is 9.83. The normalized spacial score (nSPS) is 12.5. The van der Waals surface area contributed by atoms with Crippen molar-refractivity contribution in [2.75, 3.05) is 0 Å². The third-order valence-corrected chi connectivity index (χ3v) is 3.49. The Kier molecular flexibility index (Phi) is 4.57. The molecular weight excluding hydrogens is 282 g/mol. The highest BCUT2D eigenvalue weighted by Gasteiger charge is 2.24. The molecule has 0 aliphatic rings. The average Bonchev–Trinajstić information content (AvgIpc) is 2.54. The maximum Gasteiger partial charge on any atom is 0.0991 e. The van der Waals surface area contributed by atoms with Gasteiger partial charge in [-0.2, -0.15) is 15.8 Å². The molecule has 0 N–H and O–H groups in total. The molecule has 0 bridgehead atoms. The minimum absolute atomic E-state index is 0.524. The van der Waals surface area contributed by atoms with E-state index >= 15 is 0 Å². The van der Waals surface area contributed by atoms with Crippen molar-refractivity contribution < 1.29 is 0 Å². The monoisotopic (exact) mass is 291 g/mol. The van der Waals surface area contributed by atoms with Gasteiger partial charge in [0.15, 0.2) is 0 Å². The maximum atomic E-state index is 9.43. The molecule has 4 heteroatoms. The van der Waals surface area contributed by atoms with Crippen molar-refractivity contribution in [1.29, 1.82) is 15.8 Å². The van der Waals surface area contributed by atoms with Gasteiger partial charge in [0, 0.05) is 5.02 Å². The topological polar surface area (TPSA) is 71.4 Å². The van der Waals surface area contributed by atoms with Crippen LogP contribution in [0.3, 0.4) is 0 Å². The van der Waals surface area contributed by atoms with E-state index in [0.29, 0.717) is 10.6 Å². The van der Waals surface area contributed by atoms with Crippen LogP contribution >= 0.6 is 11.6 Å². The van der Waals surface area contributed by atoms with Crippen LogP contribution in [0.4, 0.5) is 0 Å². The van der Waals surface area contributed by atoms with Crippen molar-refractivity contribution in [3.8, 4) is 18.2 Å². The minimum atomic E-state index is -0.594. The van der Waals surface area contributed by atoms with Crippen LogP contribution in [0.2, 0.25) is 5.02 Å². The summed E-state index contributed by atoms with van der Waals surface area (Å²) in [6.45, 7) is 0. The Bertz CT molecular complexity index is 743. The van der Waals surface area contributed by atoms with Gasteiger partial charge in [-0.3, -0.25) is 0 Å². The first-order valence-electron chi connectivity index (χ1n) is 6.24. The van der Waals surface area contributed by atoms with Gasteiger partial charge in [-0.25, -0.2) is 0 Å². The largest absolute Gasteiger partial charge is 0.198 e. The Morgan fingerprint density at radius 1 is 0.714 bits per heavy atom. The van der Waals surface area contributed by atoms with E-state index in [0.717, 1.165) is 11.1 Å². The Labute approximate surface area is 128 Å². The molecule has 2 aromatic carbocycles. The number of hydrogen-bond acceptors (Lipinski definition) is 3. The van der Waals surface area contributed by atoms with E-state index in [1.165, 1.54) is 0 Å². The zero-order valence-corrected chi connectivity index (χ0v) is 11.7. The van der Waals surface area contributed by atoms with E-state index in [9.17, 15) is 10.5 Å². The number of nitriles is 3. The maximum absolute atomic E-state index is 9.43. The van der Waals surface area contributed by atoms with Crippen molar-refractivity contribution >= 4 is 11.6 Å². The van der Waals surface area contributed by atoms with Crippen molar-refractivity contribution in [2.24, 2.45) is 0 Å². The van der Waals surface area contributed by atoms with Crippen LogP contribution in [-0.4, -0.2) is 0 Å². The quantitative estimate of drug-likeness (QED) is 0.853. The molecule has 0 spiro atoms. The summed E-state index contributed by atoms with van der Waals surface area (Å²) < 4.78 is 0. The zero-order chi connectivity index (χ0) is 15.2. The van der Waals surface area contributed by atoms with Crippen LogP contribution in [-0.2, 0) is 0 Å². The fraction of sp³-hybridized carbons (Fsp3) is 0.118. The number of halogens is 1. The number of hydrogen-bond donors (Lipinski definition) is 0. The van der Waals surface area contributed by atoms with Gasteiger partial charge in [0.05, 0.1) is 35.6 Å². The lowest BCUT2D eigenvalue weighted by Gasteiger charge is -2.16. The van der Waals surface area contributed by atoms with Crippen molar-refractivity contribution in [3.05, 3.63) is 70.2 Å². The van der Waals surface area contributed by atoms with E-state index in [1.54, 1.807) is 48.5 Å². The summed E-state index contributed by atoms with van der Waals surface area (Å²) in [5.74, 6) is -1.18. The first kappa shape index (κ1) is 14.6. The summed E-state index contributed by atoms with van der Waals surface area (Å²) in [7, 11) is 0. The summed E-state index contributed by atoms with van der Waals surface area (Å²) in [6, 6.07) is 20.0. The standard InChI is InChI=1S/C17H10ClN3/c18-15-7-5-14(6-8-15)17(11-21)16(10-20)13-3-1-12(9-19)2-4-13/h1-8,16-17H. The second-order valence-corrected chi connectivity index (χ2v) is 4.94. The molecule has 0 amide bonds. The molecule has 2 atom stereocenters. The third-order valence-electron chi connectivity index (χ3n) is 3.24. The summed E-state index contributed by atoms with van der Waals surface area (Å²) in [6.07, 6.45) is 0. The van der Waals surface area contributed by atoms with Gasteiger partial charge in [-0.05, 0) is 35.4 Å². The fourth-order valence-electron chi connectivity index (χ4n) is 2.12. The Morgan fingerprint density at radius 2 is 1.14 bits per heavy atom. The van der Waals surface area contributed by atoms with E-state index in [4.69, 9.17) is 16.9 Å². The van der Waals surface area contributed by atoms with E-state index in [2.05, 4.69) is 12.1 Å². The van der Waals surface area contributed by atoms with Crippen molar-refractivity contribution in [2.45, 2.75) is 11.8 Å². The smallest absolute Gasteiger partial charge is 0.0991 e. The molecule has 3 nitrogen and oxygen atoms in total. The molecule has 0 fully saturated rings. The second kappa shape index (κ2) is 6.58. The van der Waals surface area contributed by atoms with Crippen molar-refractivity contribution in [1.82, 2.24) is 0 Å². The molecule has 0 aromatic heterocycles. The summed E-state index contributed by atoms with van der Waals surface area (Å²) >= 11 is 5.84.